The first-order valence-corrected chi connectivity index (χ1v) is 7.14. The molecule has 0 aromatic heterocycles. The van der Waals surface area contributed by atoms with Gasteiger partial charge >= 0.3 is 0 Å². The first-order valence-electron chi connectivity index (χ1n) is 6.35. The Bertz CT molecular complexity index is 369. The van der Waals surface area contributed by atoms with Crippen molar-refractivity contribution >= 4 is 15.9 Å². The first kappa shape index (κ1) is 15.6. The van der Waals surface area contributed by atoms with Gasteiger partial charge in [-0.05, 0) is 57.2 Å². The maximum atomic E-state index is 13.7. The van der Waals surface area contributed by atoms with Crippen molar-refractivity contribution in [3.63, 3.8) is 0 Å². The largest absolute Gasteiger partial charge is 0.312 e. The average Bonchev–Trinajstić information content (AvgIpc) is 2.30. The molecule has 1 N–H and O–H groups in total. The minimum absolute atomic E-state index is 0.125. The highest BCUT2D eigenvalue weighted by molar-refractivity contribution is 9.10. The first-order chi connectivity index (χ1) is 8.52. The molecule has 0 radical (unpaired) electrons. The number of hydrogen-bond acceptors (Lipinski definition) is 2. The molecule has 0 saturated heterocycles. The molecule has 2 nitrogen and oxygen atoms in total. The molecule has 0 bridgehead atoms. The smallest absolute Gasteiger partial charge is 0.126 e. The topological polar surface area (TPSA) is 15.3 Å². The Kier molecular flexibility index (Phi) is 6.82. The van der Waals surface area contributed by atoms with E-state index in [-0.39, 0.29) is 11.9 Å². The summed E-state index contributed by atoms with van der Waals surface area (Å²) in [6, 6.07) is 5.40. The number of nitrogens with zero attached hydrogens (tertiary/aromatic N) is 1. The fourth-order valence-electron chi connectivity index (χ4n) is 1.96. The van der Waals surface area contributed by atoms with Crippen molar-refractivity contribution in [3.05, 3.63) is 34.1 Å². The number of nitrogens with one attached hydrogen (secondary N) is 1. The maximum absolute atomic E-state index is 13.7. The van der Waals surface area contributed by atoms with Gasteiger partial charge in [0.05, 0.1) is 0 Å². The van der Waals surface area contributed by atoms with E-state index >= 15 is 0 Å². The van der Waals surface area contributed by atoms with E-state index in [0.29, 0.717) is 6.42 Å². The number of halogens is 2. The fourth-order valence-corrected chi connectivity index (χ4v) is 2.36. The Balaban J connectivity index is 2.71. The molecule has 1 aromatic carbocycles. The third-order valence-corrected chi connectivity index (χ3v) is 3.24. The summed E-state index contributed by atoms with van der Waals surface area (Å²) in [5.74, 6) is -0.125. The lowest BCUT2D eigenvalue weighted by Gasteiger charge is -2.22. The van der Waals surface area contributed by atoms with Crippen LogP contribution in [0.15, 0.2) is 22.7 Å². The predicted molar refractivity (Wildman–Crippen MR) is 78.4 cm³/mol. The molecule has 0 fully saturated rings. The third kappa shape index (κ3) is 5.46. The highest BCUT2D eigenvalue weighted by Gasteiger charge is 2.13. The van der Waals surface area contributed by atoms with Crippen LogP contribution in [0, 0.1) is 5.82 Å². The van der Waals surface area contributed by atoms with E-state index in [9.17, 15) is 4.39 Å². The normalized spacial score (nSPS) is 13.0. The van der Waals surface area contributed by atoms with Gasteiger partial charge in [0.15, 0.2) is 0 Å². The van der Waals surface area contributed by atoms with Gasteiger partial charge in [0, 0.05) is 17.1 Å². The van der Waals surface area contributed by atoms with Crippen LogP contribution in [0.4, 0.5) is 4.39 Å². The molecule has 1 rings (SSSR count). The Hall–Kier alpha value is -0.450. The zero-order chi connectivity index (χ0) is 13.5. The summed E-state index contributed by atoms with van der Waals surface area (Å²) in [6.07, 6.45) is 1.80. The fraction of sp³-hybridized carbons (Fsp3) is 0.571. The molecule has 102 valence electrons. The monoisotopic (exact) mass is 316 g/mol. The van der Waals surface area contributed by atoms with Crippen molar-refractivity contribution in [3.8, 4) is 0 Å². The van der Waals surface area contributed by atoms with Crippen LogP contribution in [0.25, 0.3) is 0 Å². The van der Waals surface area contributed by atoms with Crippen molar-refractivity contribution in [1.82, 2.24) is 10.2 Å². The summed E-state index contributed by atoms with van der Waals surface area (Å²) in [5.41, 5.74) is 0.764. The molecule has 0 saturated carbocycles. The summed E-state index contributed by atoms with van der Waals surface area (Å²) in [7, 11) is 4.08. The lowest BCUT2D eigenvalue weighted by molar-refractivity contribution is 0.334. The lowest BCUT2D eigenvalue weighted by Crippen LogP contribution is -2.40. The quantitative estimate of drug-likeness (QED) is 0.831. The highest BCUT2D eigenvalue weighted by Crippen LogP contribution is 2.17. The van der Waals surface area contributed by atoms with Crippen molar-refractivity contribution in [1.29, 1.82) is 0 Å². The van der Waals surface area contributed by atoms with Crippen molar-refractivity contribution in [2.75, 3.05) is 27.2 Å². The maximum Gasteiger partial charge on any atom is 0.126 e. The van der Waals surface area contributed by atoms with E-state index in [1.165, 1.54) is 6.07 Å². The number of hydrogen-bond donors (Lipinski definition) is 1. The Morgan fingerprint density at radius 1 is 1.39 bits per heavy atom. The predicted octanol–water partition coefficient (Wildman–Crippen LogP) is 3.06. The molecular formula is C14H22BrFN2. The van der Waals surface area contributed by atoms with Gasteiger partial charge in [-0.1, -0.05) is 22.9 Å². The van der Waals surface area contributed by atoms with E-state index in [4.69, 9.17) is 0 Å². The van der Waals surface area contributed by atoms with E-state index < -0.39 is 0 Å². The van der Waals surface area contributed by atoms with Crippen molar-refractivity contribution in [2.24, 2.45) is 0 Å². The molecule has 18 heavy (non-hydrogen) atoms. The molecule has 1 unspecified atom stereocenters. The molecular weight excluding hydrogens is 295 g/mol. The van der Waals surface area contributed by atoms with Gasteiger partial charge in [0.1, 0.15) is 5.82 Å². The van der Waals surface area contributed by atoms with E-state index in [1.54, 1.807) is 6.07 Å². The second-order valence-electron chi connectivity index (χ2n) is 4.85. The van der Waals surface area contributed by atoms with Gasteiger partial charge in [-0.25, -0.2) is 4.39 Å². The van der Waals surface area contributed by atoms with Crippen LogP contribution in [0.3, 0.4) is 0 Å². The minimum atomic E-state index is -0.125. The van der Waals surface area contributed by atoms with Gasteiger partial charge in [0.25, 0.3) is 0 Å². The second kappa shape index (κ2) is 7.87. The zero-order valence-electron chi connectivity index (χ0n) is 11.3. The number of rotatable bonds is 7. The SMILES string of the molecule is CCCNC(Cc1cc(Br)ccc1F)CN(C)C. The van der Waals surface area contributed by atoms with E-state index in [0.717, 1.165) is 29.5 Å². The average molecular weight is 317 g/mol. The summed E-state index contributed by atoms with van der Waals surface area (Å²) >= 11 is 3.39. The van der Waals surface area contributed by atoms with Crippen LogP contribution in [0.2, 0.25) is 0 Å². The summed E-state index contributed by atoms with van der Waals surface area (Å²) in [5, 5.41) is 3.47. The molecule has 0 aliphatic rings. The molecule has 0 aliphatic heterocycles. The molecule has 1 atom stereocenters. The minimum Gasteiger partial charge on any atom is -0.312 e. The van der Waals surface area contributed by atoms with Crippen molar-refractivity contribution in [2.45, 2.75) is 25.8 Å². The van der Waals surface area contributed by atoms with Crippen LogP contribution in [-0.2, 0) is 6.42 Å². The third-order valence-electron chi connectivity index (χ3n) is 2.74. The molecule has 1 aromatic rings. The van der Waals surface area contributed by atoms with Crippen LogP contribution in [0.1, 0.15) is 18.9 Å². The summed E-state index contributed by atoms with van der Waals surface area (Å²) in [4.78, 5) is 2.13. The van der Waals surface area contributed by atoms with Gasteiger partial charge < -0.3 is 10.2 Å². The molecule has 4 heteroatoms. The van der Waals surface area contributed by atoms with Crippen molar-refractivity contribution < 1.29 is 4.39 Å². The highest BCUT2D eigenvalue weighted by atomic mass is 79.9. The molecule has 0 spiro atoms. The standard InChI is InChI=1S/C14H22BrFN2/c1-4-7-17-13(10-18(2)3)9-11-8-12(15)5-6-14(11)16/h5-6,8,13,17H,4,7,9-10H2,1-3H3. The van der Waals surface area contributed by atoms with Gasteiger partial charge in [-0.15, -0.1) is 0 Å². The summed E-state index contributed by atoms with van der Waals surface area (Å²) in [6.45, 7) is 4.01. The number of likely N-dealkylation sites (N-methyl/N-ethyl adjacent to an activating group) is 1. The Labute approximate surface area is 118 Å². The Morgan fingerprint density at radius 3 is 2.72 bits per heavy atom. The summed E-state index contributed by atoms with van der Waals surface area (Å²) < 4.78 is 14.7. The lowest BCUT2D eigenvalue weighted by atomic mass is 10.0. The van der Waals surface area contributed by atoms with Crippen LogP contribution in [-0.4, -0.2) is 38.1 Å². The molecule has 0 heterocycles. The van der Waals surface area contributed by atoms with E-state index in [1.807, 2.05) is 20.2 Å². The molecule has 0 aliphatic carbocycles. The zero-order valence-corrected chi connectivity index (χ0v) is 12.9. The van der Waals surface area contributed by atoms with Crippen LogP contribution >= 0.6 is 15.9 Å². The van der Waals surface area contributed by atoms with Gasteiger partial charge in [0.2, 0.25) is 0 Å². The van der Waals surface area contributed by atoms with Gasteiger partial charge in [-0.2, -0.15) is 0 Å². The van der Waals surface area contributed by atoms with E-state index in [2.05, 4.69) is 33.1 Å². The van der Waals surface area contributed by atoms with Crippen LogP contribution < -0.4 is 5.32 Å². The van der Waals surface area contributed by atoms with Crippen LogP contribution in [0.5, 0.6) is 0 Å². The molecule has 0 amide bonds. The second-order valence-corrected chi connectivity index (χ2v) is 5.77. The Morgan fingerprint density at radius 2 is 2.11 bits per heavy atom. The van der Waals surface area contributed by atoms with Gasteiger partial charge in [-0.3, -0.25) is 0 Å². The number of benzene rings is 1.